The van der Waals surface area contributed by atoms with Crippen LogP contribution in [0.25, 0.3) is 0 Å². The molecule has 0 spiro atoms. The van der Waals surface area contributed by atoms with Gasteiger partial charge >= 0.3 is 0 Å². The molecule has 1 aliphatic heterocycles. The highest BCUT2D eigenvalue weighted by Gasteiger charge is 2.38. The van der Waals surface area contributed by atoms with Crippen LogP contribution in [-0.4, -0.2) is 4.92 Å². The molecule has 3 atom stereocenters. The molecule has 1 N–H and O–H groups in total. The summed E-state index contributed by atoms with van der Waals surface area (Å²) in [5.41, 5.74) is 6.41. The van der Waals surface area contributed by atoms with Crippen molar-refractivity contribution in [1.29, 1.82) is 0 Å². The average Bonchev–Trinajstić information content (AvgIpc) is 3.04. The number of nitro benzene ring substituents is 1. The highest BCUT2D eigenvalue weighted by atomic mass is 16.6. The Morgan fingerprint density at radius 3 is 2.62 bits per heavy atom. The third-order valence-electron chi connectivity index (χ3n) is 5.27. The molecule has 0 radical (unpaired) electrons. The average molecular weight is 320 g/mol. The molecule has 0 saturated carbocycles. The van der Waals surface area contributed by atoms with Crippen LogP contribution in [0.1, 0.15) is 40.6 Å². The van der Waals surface area contributed by atoms with Gasteiger partial charge in [-0.2, -0.15) is 0 Å². The minimum atomic E-state index is -0.347. The van der Waals surface area contributed by atoms with Gasteiger partial charge in [0.1, 0.15) is 0 Å². The lowest BCUT2D eigenvalue weighted by atomic mass is 9.76. The third-order valence-corrected chi connectivity index (χ3v) is 5.27. The molecule has 2 aliphatic rings. The first-order valence-electron chi connectivity index (χ1n) is 8.33. The predicted molar refractivity (Wildman–Crippen MR) is 95.4 cm³/mol. The highest BCUT2D eigenvalue weighted by Crippen LogP contribution is 2.50. The zero-order valence-corrected chi connectivity index (χ0v) is 13.8. The Morgan fingerprint density at radius 1 is 1.17 bits per heavy atom. The molecule has 4 nitrogen and oxygen atoms in total. The van der Waals surface area contributed by atoms with Gasteiger partial charge in [0.05, 0.1) is 11.0 Å². The fourth-order valence-corrected chi connectivity index (χ4v) is 4.21. The molecule has 1 aliphatic carbocycles. The number of benzene rings is 2. The smallest absolute Gasteiger partial charge is 0.269 e. The summed E-state index contributed by atoms with van der Waals surface area (Å²) >= 11 is 0. The second-order valence-corrected chi connectivity index (χ2v) is 6.87. The first kappa shape index (κ1) is 14.9. The van der Waals surface area contributed by atoms with Gasteiger partial charge in [0, 0.05) is 23.7 Å². The van der Waals surface area contributed by atoms with Gasteiger partial charge in [-0.05, 0) is 42.9 Å². The van der Waals surface area contributed by atoms with E-state index in [0.717, 1.165) is 12.0 Å². The van der Waals surface area contributed by atoms with Crippen LogP contribution in [0.2, 0.25) is 0 Å². The summed E-state index contributed by atoms with van der Waals surface area (Å²) in [6.45, 7) is 4.29. The summed E-state index contributed by atoms with van der Waals surface area (Å²) < 4.78 is 0. The first-order chi connectivity index (χ1) is 11.5. The number of fused-ring (bicyclic) bond motifs is 3. The molecule has 0 fully saturated rings. The van der Waals surface area contributed by atoms with E-state index in [2.05, 4.69) is 43.4 Å². The van der Waals surface area contributed by atoms with E-state index in [9.17, 15) is 10.1 Å². The van der Waals surface area contributed by atoms with Crippen molar-refractivity contribution >= 4 is 11.4 Å². The summed E-state index contributed by atoms with van der Waals surface area (Å²) in [6, 6.07) is 11.7. The molecule has 2 aromatic rings. The second kappa shape index (κ2) is 5.48. The lowest BCUT2D eigenvalue weighted by Crippen LogP contribution is -2.29. The minimum Gasteiger partial charge on any atom is -0.377 e. The maximum atomic E-state index is 10.9. The van der Waals surface area contributed by atoms with Crippen LogP contribution in [0.3, 0.4) is 0 Å². The molecule has 24 heavy (non-hydrogen) atoms. The largest absolute Gasteiger partial charge is 0.377 e. The van der Waals surface area contributed by atoms with Crippen LogP contribution in [-0.2, 0) is 0 Å². The summed E-state index contributed by atoms with van der Waals surface area (Å²) in [4.78, 5) is 10.5. The molecule has 122 valence electrons. The summed E-state index contributed by atoms with van der Waals surface area (Å²) in [7, 11) is 0. The van der Waals surface area contributed by atoms with Crippen LogP contribution < -0.4 is 5.32 Å². The third kappa shape index (κ3) is 2.30. The minimum absolute atomic E-state index is 0.142. The number of nitrogens with zero attached hydrogens (tertiary/aromatic N) is 1. The number of hydrogen-bond donors (Lipinski definition) is 1. The van der Waals surface area contributed by atoms with Crippen molar-refractivity contribution in [2.45, 2.75) is 32.2 Å². The molecule has 0 saturated heterocycles. The second-order valence-electron chi connectivity index (χ2n) is 6.87. The molecule has 4 heteroatoms. The Balaban J connectivity index is 1.76. The van der Waals surface area contributed by atoms with Crippen molar-refractivity contribution < 1.29 is 4.92 Å². The van der Waals surface area contributed by atoms with Gasteiger partial charge in [-0.3, -0.25) is 10.1 Å². The quantitative estimate of drug-likeness (QED) is 0.479. The number of rotatable bonds is 2. The zero-order valence-electron chi connectivity index (χ0n) is 13.8. The van der Waals surface area contributed by atoms with Crippen molar-refractivity contribution in [3.05, 3.63) is 80.9 Å². The number of hydrogen-bond acceptors (Lipinski definition) is 3. The Morgan fingerprint density at radius 2 is 1.92 bits per heavy atom. The monoisotopic (exact) mass is 320 g/mol. The molecule has 2 aromatic carbocycles. The van der Waals surface area contributed by atoms with Crippen molar-refractivity contribution in [2.75, 3.05) is 5.32 Å². The Hall–Kier alpha value is -2.62. The van der Waals surface area contributed by atoms with Crippen LogP contribution >= 0.6 is 0 Å². The Kier molecular flexibility index (Phi) is 3.41. The zero-order chi connectivity index (χ0) is 16.8. The first-order valence-corrected chi connectivity index (χ1v) is 8.33. The molecular weight excluding hydrogens is 300 g/mol. The van der Waals surface area contributed by atoms with Gasteiger partial charge in [0.15, 0.2) is 0 Å². The van der Waals surface area contributed by atoms with Crippen molar-refractivity contribution in [3.63, 3.8) is 0 Å². The molecule has 1 heterocycles. The molecule has 0 amide bonds. The van der Waals surface area contributed by atoms with E-state index in [-0.39, 0.29) is 16.7 Å². The summed E-state index contributed by atoms with van der Waals surface area (Å²) in [5, 5.41) is 14.6. The summed E-state index contributed by atoms with van der Waals surface area (Å²) in [6.07, 6.45) is 5.62. The van der Waals surface area contributed by atoms with E-state index in [1.54, 1.807) is 12.1 Å². The van der Waals surface area contributed by atoms with Crippen molar-refractivity contribution in [1.82, 2.24) is 0 Å². The lowest BCUT2D eigenvalue weighted by Gasteiger charge is -2.38. The SMILES string of the molecule is Cc1cc(C)c2c(c1)[C@H]1C=CC[C@H]1[C@H](c1ccc([N+](=O)[O-])cc1)N2. The van der Waals surface area contributed by atoms with Crippen LogP contribution in [0, 0.1) is 29.9 Å². The van der Waals surface area contributed by atoms with E-state index < -0.39 is 0 Å². The molecule has 0 bridgehead atoms. The number of non-ortho nitro benzene ring substituents is 1. The standard InChI is InChI=1S/C20H20N2O2/c1-12-10-13(2)19-18(11-12)16-4-3-5-17(16)20(21-19)14-6-8-15(9-7-14)22(23)24/h3-4,6-11,16-17,20-21H,5H2,1-2H3/t16-,17+,20-/m0/s1. The Bertz CT molecular complexity index is 839. The van der Waals surface area contributed by atoms with E-state index in [0.29, 0.717) is 11.8 Å². The lowest BCUT2D eigenvalue weighted by molar-refractivity contribution is -0.384. The maximum absolute atomic E-state index is 10.9. The van der Waals surface area contributed by atoms with Gasteiger partial charge in [-0.1, -0.05) is 42.0 Å². The topological polar surface area (TPSA) is 55.2 Å². The normalized spacial score (nSPS) is 24.2. The van der Waals surface area contributed by atoms with Gasteiger partial charge in [0.2, 0.25) is 0 Å². The fraction of sp³-hybridized carbons (Fsp3) is 0.300. The molecule has 4 rings (SSSR count). The molecule has 0 aromatic heterocycles. The molecule has 0 unspecified atom stereocenters. The number of allylic oxidation sites excluding steroid dienone is 2. The van der Waals surface area contributed by atoms with Crippen LogP contribution in [0.5, 0.6) is 0 Å². The van der Waals surface area contributed by atoms with Gasteiger partial charge in [-0.15, -0.1) is 0 Å². The highest BCUT2D eigenvalue weighted by molar-refractivity contribution is 5.65. The van der Waals surface area contributed by atoms with E-state index in [1.807, 2.05) is 12.1 Å². The van der Waals surface area contributed by atoms with Gasteiger partial charge in [-0.25, -0.2) is 0 Å². The van der Waals surface area contributed by atoms with E-state index >= 15 is 0 Å². The number of aryl methyl sites for hydroxylation is 2. The summed E-state index contributed by atoms with van der Waals surface area (Å²) in [5.74, 6) is 0.875. The molecular formula is C20H20N2O2. The van der Waals surface area contributed by atoms with E-state index in [1.165, 1.54) is 22.4 Å². The maximum Gasteiger partial charge on any atom is 0.269 e. The number of nitro groups is 1. The number of anilines is 1. The van der Waals surface area contributed by atoms with Crippen LogP contribution in [0.4, 0.5) is 11.4 Å². The van der Waals surface area contributed by atoms with Gasteiger partial charge in [0.25, 0.3) is 5.69 Å². The Labute approximate surface area is 141 Å². The van der Waals surface area contributed by atoms with Crippen molar-refractivity contribution in [3.8, 4) is 0 Å². The van der Waals surface area contributed by atoms with E-state index in [4.69, 9.17) is 0 Å². The fourth-order valence-electron chi connectivity index (χ4n) is 4.21. The number of nitrogens with one attached hydrogen (secondary N) is 1. The van der Waals surface area contributed by atoms with Crippen molar-refractivity contribution in [2.24, 2.45) is 5.92 Å². The predicted octanol–water partition coefficient (Wildman–Crippen LogP) is 5.04. The van der Waals surface area contributed by atoms with Crippen LogP contribution in [0.15, 0.2) is 48.6 Å². The van der Waals surface area contributed by atoms with Gasteiger partial charge < -0.3 is 5.32 Å².